The second-order valence-corrected chi connectivity index (χ2v) is 4.47. The number of nitrogens with one attached hydrogen (secondary N) is 1. The molecule has 86 valence electrons. The van der Waals surface area contributed by atoms with Crippen LogP contribution in [0.5, 0.6) is 0 Å². The Morgan fingerprint density at radius 3 is 2.82 bits per heavy atom. The number of aromatic nitrogens is 1. The SMILES string of the molecule is CNC(=O)c1cc(C2CC2)nc2ccccc12. The summed E-state index contributed by atoms with van der Waals surface area (Å²) in [6.45, 7) is 0. The Hall–Kier alpha value is -1.90. The molecule has 17 heavy (non-hydrogen) atoms. The van der Waals surface area contributed by atoms with Gasteiger partial charge in [0, 0.05) is 24.0 Å². The molecule has 1 aromatic carbocycles. The predicted molar refractivity (Wildman–Crippen MR) is 67.1 cm³/mol. The number of nitrogens with zero attached hydrogens (tertiary/aromatic N) is 1. The fourth-order valence-electron chi connectivity index (χ4n) is 2.11. The van der Waals surface area contributed by atoms with Gasteiger partial charge in [0.1, 0.15) is 0 Å². The molecule has 0 aliphatic heterocycles. The third-order valence-corrected chi connectivity index (χ3v) is 3.20. The molecule has 1 aliphatic rings. The molecule has 3 rings (SSSR count). The van der Waals surface area contributed by atoms with E-state index in [4.69, 9.17) is 0 Å². The van der Waals surface area contributed by atoms with Crippen LogP contribution in [0.3, 0.4) is 0 Å². The van der Waals surface area contributed by atoms with E-state index >= 15 is 0 Å². The predicted octanol–water partition coefficient (Wildman–Crippen LogP) is 2.47. The fourth-order valence-corrected chi connectivity index (χ4v) is 2.11. The van der Waals surface area contributed by atoms with Gasteiger partial charge < -0.3 is 5.32 Å². The summed E-state index contributed by atoms with van der Waals surface area (Å²) < 4.78 is 0. The van der Waals surface area contributed by atoms with Crippen molar-refractivity contribution in [2.24, 2.45) is 0 Å². The number of fused-ring (bicyclic) bond motifs is 1. The van der Waals surface area contributed by atoms with Gasteiger partial charge in [-0.2, -0.15) is 0 Å². The molecular weight excluding hydrogens is 212 g/mol. The average Bonchev–Trinajstić information content (AvgIpc) is 3.21. The topological polar surface area (TPSA) is 42.0 Å². The van der Waals surface area contributed by atoms with Crippen molar-refractivity contribution in [1.29, 1.82) is 0 Å². The summed E-state index contributed by atoms with van der Waals surface area (Å²) in [5, 5.41) is 3.62. The molecule has 1 saturated carbocycles. The van der Waals surface area contributed by atoms with Crippen LogP contribution in [0.4, 0.5) is 0 Å². The van der Waals surface area contributed by atoms with Crippen LogP contribution < -0.4 is 5.32 Å². The highest BCUT2D eigenvalue weighted by Gasteiger charge is 2.26. The number of carbonyl (C=O) groups is 1. The smallest absolute Gasteiger partial charge is 0.251 e. The maximum atomic E-state index is 11.9. The number of amides is 1. The van der Waals surface area contributed by atoms with Crippen molar-refractivity contribution in [3.63, 3.8) is 0 Å². The van der Waals surface area contributed by atoms with Crippen molar-refractivity contribution in [1.82, 2.24) is 10.3 Å². The van der Waals surface area contributed by atoms with E-state index in [0.29, 0.717) is 5.92 Å². The van der Waals surface area contributed by atoms with Gasteiger partial charge in [-0.05, 0) is 25.0 Å². The van der Waals surface area contributed by atoms with Crippen LogP contribution in [-0.2, 0) is 0 Å². The van der Waals surface area contributed by atoms with Crippen LogP contribution >= 0.6 is 0 Å². The summed E-state index contributed by atoms with van der Waals surface area (Å²) in [7, 11) is 1.66. The Kier molecular flexibility index (Phi) is 2.32. The molecular formula is C14H14N2O. The Labute approximate surface area is 99.9 Å². The standard InChI is InChI=1S/C14H14N2O/c1-15-14(17)11-8-13(9-6-7-9)16-12-5-3-2-4-10(11)12/h2-5,8-9H,6-7H2,1H3,(H,15,17). The normalized spacial score (nSPS) is 14.9. The number of benzene rings is 1. The van der Waals surface area contributed by atoms with Crippen molar-refractivity contribution in [2.75, 3.05) is 7.05 Å². The first-order valence-electron chi connectivity index (χ1n) is 5.91. The summed E-state index contributed by atoms with van der Waals surface area (Å²) in [5.74, 6) is 0.522. The van der Waals surface area contributed by atoms with Crippen LogP contribution in [0.1, 0.15) is 34.8 Å². The molecule has 1 aliphatic carbocycles. The van der Waals surface area contributed by atoms with Gasteiger partial charge in [0.2, 0.25) is 0 Å². The summed E-state index contributed by atoms with van der Waals surface area (Å²) in [4.78, 5) is 16.5. The minimum atomic E-state index is -0.0366. The molecule has 1 amide bonds. The van der Waals surface area contributed by atoms with Gasteiger partial charge in [0.15, 0.2) is 0 Å². The Morgan fingerprint density at radius 2 is 2.12 bits per heavy atom. The summed E-state index contributed by atoms with van der Waals surface area (Å²) in [5.41, 5.74) is 2.71. The zero-order valence-corrected chi connectivity index (χ0v) is 9.73. The maximum absolute atomic E-state index is 11.9. The summed E-state index contributed by atoms with van der Waals surface area (Å²) in [6.07, 6.45) is 2.39. The first-order valence-corrected chi connectivity index (χ1v) is 5.91. The lowest BCUT2D eigenvalue weighted by Gasteiger charge is -2.07. The highest BCUT2D eigenvalue weighted by atomic mass is 16.1. The molecule has 0 saturated heterocycles. The van der Waals surface area contributed by atoms with Crippen molar-refractivity contribution in [3.05, 3.63) is 41.6 Å². The number of carbonyl (C=O) groups excluding carboxylic acids is 1. The van der Waals surface area contributed by atoms with E-state index in [0.717, 1.165) is 22.2 Å². The zero-order chi connectivity index (χ0) is 11.8. The summed E-state index contributed by atoms with van der Waals surface area (Å²) >= 11 is 0. The fraction of sp³-hybridized carbons (Fsp3) is 0.286. The molecule has 1 heterocycles. The molecule has 0 spiro atoms. The van der Waals surface area contributed by atoms with Crippen molar-refractivity contribution in [3.8, 4) is 0 Å². The van der Waals surface area contributed by atoms with Gasteiger partial charge in [-0.3, -0.25) is 9.78 Å². The van der Waals surface area contributed by atoms with E-state index in [-0.39, 0.29) is 5.91 Å². The van der Waals surface area contributed by atoms with E-state index < -0.39 is 0 Å². The zero-order valence-electron chi connectivity index (χ0n) is 9.73. The molecule has 0 radical (unpaired) electrons. The highest BCUT2D eigenvalue weighted by molar-refractivity contribution is 6.06. The van der Waals surface area contributed by atoms with Crippen LogP contribution in [0.2, 0.25) is 0 Å². The molecule has 1 aromatic heterocycles. The molecule has 1 fully saturated rings. The number of hydrogen-bond donors (Lipinski definition) is 1. The number of para-hydroxylation sites is 1. The van der Waals surface area contributed by atoms with E-state index in [1.54, 1.807) is 7.05 Å². The largest absolute Gasteiger partial charge is 0.355 e. The maximum Gasteiger partial charge on any atom is 0.251 e. The van der Waals surface area contributed by atoms with Gasteiger partial charge in [0.05, 0.1) is 11.1 Å². The van der Waals surface area contributed by atoms with Crippen LogP contribution in [0, 0.1) is 0 Å². The quantitative estimate of drug-likeness (QED) is 0.854. The third kappa shape index (κ3) is 1.78. The first kappa shape index (κ1) is 10.3. The second kappa shape index (κ2) is 3.84. The minimum Gasteiger partial charge on any atom is -0.355 e. The monoisotopic (exact) mass is 226 g/mol. The molecule has 0 unspecified atom stereocenters. The van der Waals surface area contributed by atoms with E-state index in [1.165, 1.54) is 12.8 Å². The molecule has 0 atom stereocenters. The van der Waals surface area contributed by atoms with Crippen molar-refractivity contribution >= 4 is 16.8 Å². The number of rotatable bonds is 2. The van der Waals surface area contributed by atoms with Crippen molar-refractivity contribution in [2.45, 2.75) is 18.8 Å². The molecule has 0 bridgehead atoms. The van der Waals surface area contributed by atoms with Crippen LogP contribution in [0.15, 0.2) is 30.3 Å². The van der Waals surface area contributed by atoms with Gasteiger partial charge in [-0.25, -0.2) is 0 Å². The Balaban J connectivity index is 2.25. The number of hydrogen-bond acceptors (Lipinski definition) is 2. The van der Waals surface area contributed by atoms with Gasteiger partial charge in [0.25, 0.3) is 5.91 Å². The Morgan fingerprint density at radius 1 is 1.35 bits per heavy atom. The van der Waals surface area contributed by atoms with E-state index in [2.05, 4.69) is 10.3 Å². The summed E-state index contributed by atoms with van der Waals surface area (Å²) in [6, 6.07) is 9.75. The Bertz CT molecular complexity index is 588. The van der Waals surface area contributed by atoms with Crippen LogP contribution in [0.25, 0.3) is 10.9 Å². The lowest BCUT2D eigenvalue weighted by Crippen LogP contribution is -2.18. The van der Waals surface area contributed by atoms with E-state index in [1.807, 2.05) is 30.3 Å². The van der Waals surface area contributed by atoms with E-state index in [9.17, 15) is 4.79 Å². The highest BCUT2D eigenvalue weighted by Crippen LogP contribution is 2.40. The third-order valence-electron chi connectivity index (χ3n) is 3.20. The molecule has 3 nitrogen and oxygen atoms in total. The van der Waals surface area contributed by atoms with Gasteiger partial charge in [-0.15, -0.1) is 0 Å². The van der Waals surface area contributed by atoms with Crippen LogP contribution in [-0.4, -0.2) is 17.9 Å². The van der Waals surface area contributed by atoms with Gasteiger partial charge >= 0.3 is 0 Å². The second-order valence-electron chi connectivity index (χ2n) is 4.47. The average molecular weight is 226 g/mol. The van der Waals surface area contributed by atoms with Crippen molar-refractivity contribution < 1.29 is 4.79 Å². The van der Waals surface area contributed by atoms with Gasteiger partial charge in [-0.1, -0.05) is 18.2 Å². The lowest BCUT2D eigenvalue weighted by atomic mass is 10.1. The number of pyridine rings is 1. The first-order chi connectivity index (χ1) is 8.29. The molecule has 3 heteroatoms. The molecule has 2 aromatic rings. The minimum absolute atomic E-state index is 0.0366. The molecule has 1 N–H and O–H groups in total. The lowest BCUT2D eigenvalue weighted by molar-refractivity contribution is 0.0964.